The molecule has 0 radical (unpaired) electrons. The van der Waals surface area contributed by atoms with E-state index in [1.165, 1.54) is 28.6 Å². The average Bonchev–Trinajstić information content (AvgIpc) is 2.45. The highest BCUT2D eigenvalue weighted by atomic mass is 35.5. The molecule has 0 bridgehead atoms. The van der Waals surface area contributed by atoms with Crippen LogP contribution < -0.4 is 0 Å². The third-order valence-electron chi connectivity index (χ3n) is 4.84. The van der Waals surface area contributed by atoms with E-state index < -0.39 is 27.7 Å². The van der Waals surface area contributed by atoms with Gasteiger partial charge < -0.3 is 5.11 Å². The topological polar surface area (TPSA) is 74.7 Å². The van der Waals surface area contributed by atoms with Crippen molar-refractivity contribution < 1.29 is 22.8 Å². The van der Waals surface area contributed by atoms with Crippen LogP contribution in [0, 0.1) is 0 Å². The molecule has 6 nitrogen and oxygen atoms in total. The second kappa shape index (κ2) is 6.29. The average molecular weight is 376 g/mol. The van der Waals surface area contributed by atoms with Crippen LogP contribution in [-0.4, -0.2) is 59.6 Å². The zero-order chi connectivity index (χ0) is 18.3. The molecule has 0 saturated carbocycles. The third kappa shape index (κ3) is 3.18. The van der Waals surface area contributed by atoms with E-state index in [-0.39, 0.29) is 29.0 Å². The van der Waals surface area contributed by atoms with Gasteiger partial charge in [-0.2, -0.15) is 9.10 Å². The Morgan fingerprint density at radius 2 is 1.83 bits per heavy atom. The highest BCUT2D eigenvalue weighted by Gasteiger charge is 2.53. The van der Waals surface area contributed by atoms with Crippen LogP contribution in [0.25, 0.3) is 0 Å². The van der Waals surface area contributed by atoms with E-state index in [1.54, 1.807) is 6.92 Å². The Balaban J connectivity index is 2.34. The number of piperazine rings is 1. The van der Waals surface area contributed by atoms with E-state index in [0.29, 0.717) is 5.02 Å². The Morgan fingerprint density at radius 1 is 1.29 bits per heavy atom. The Bertz CT molecular complexity index is 727. The van der Waals surface area contributed by atoms with Crippen molar-refractivity contribution in [2.45, 2.75) is 44.2 Å². The summed E-state index contributed by atoms with van der Waals surface area (Å²) in [4.78, 5) is 12.1. The summed E-state index contributed by atoms with van der Waals surface area (Å²) < 4.78 is 27.0. The van der Waals surface area contributed by atoms with Gasteiger partial charge in [0.05, 0.1) is 17.5 Å². The fraction of sp³-hybridized carbons (Fsp3) is 0.562. The van der Waals surface area contributed by atoms with Crippen molar-refractivity contribution in [1.29, 1.82) is 0 Å². The SMILES string of the molecule is C[C@H]1C[N+](C(=O)O)(C(C)(C)C)CCN1S(=O)(=O)c1ccc(Cl)cc1. The van der Waals surface area contributed by atoms with Crippen LogP contribution in [0.2, 0.25) is 5.02 Å². The van der Waals surface area contributed by atoms with Gasteiger partial charge in [0.25, 0.3) is 0 Å². The Morgan fingerprint density at radius 3 is 2.25 bits per heavy atom. The summed E-state index contributed by atoms with van der Waals surface area (Å²) in [5, 5.41) is 10.2. The zero-order valence-corrected chi connectivity index (χ0v) is 15.9. The van der Waals surface area contributed by atoms with Crippen LogP contribution in [0.15, 0.2) is 29.2 Å². The zero-order valence-electron chi connectivity index (χ0n) is 14.4. The predicted octanol–water partition coefficient (Wildman–Crippen LogP) is 3.03. The van der Waals surface area contributed by atoms with E-state index in [1.807, 2.05) is 20.8 Å². The molecule has 0 aliphatic carbocycles. The molecule has 2 rings (SSSR count). The molecule has 0 spiro atoms. The van der Waals surface area contributed by atoms with Gasteiger partial charge in [0, 0.05) is 5.02 Å². The van der Waals surface area contributed by atoms with Gasteiger partial charge in [-0.25, -0.2) is 12.9 Å². The summed E-state index contributed by atoms with van der Waals surface area (Å²) in [6, 6.07) is 5.60. The minimum absolute atomic E-state index is 0.152. The quantitative estimate of drug-likeness (QED) is 0.806. The normalized spacial score (nSPS) is 26.3. The first-order valence-electron chi connectivity index (χ1n) is 7.80. The number of quaternary nitrogens is 1. The lowest BCUT2D eigenvalue weighted by Gasteiger charge is -2.50. The second-order valence-corrected chi connectivity index (χ2v) is 9.57. The smallest absolute Gasteiger partial charge is 0.435 e. The molecule has 24 heavy (non-hydrogen) atoms. The maximum absolute atomic E-state index is 12.9. The molecule has 1 saturated heterocycles. The number of benzene rings is 1. The standard InChI is InChI=1S/C16H23ClN2O4S/c1-12-11-19(15(20)21,16(2,3)4)10-9-18(12)24(22,23)14-7-5-13(17)6-8-14/h5-8,12H,9-11H2,1-4H3/p+1/t12-,19?/m0/s1. The first-order chi connectivity index (χ1) is 10.9. The van der Waals surface area contributed by atoms with E-state index in [4.69, 9.17) is 11.6 Å². The van der Waals surface area contributed by atoms with Crippen LogP contribution in [0.5, 0.6) is 0 Å². The maximum Gasteiger partial charge on any atom is 0.514 e. The van der Waals surface area contributed by atoms with Crippen molar-refractivity contribution >= 4 is 27.7 Å². The first-order valence-corrected chi connectivity index (χ1v) is 9.62. The van der Waals surface area contributed by atoms with Gasteiger partial charge in [-0.3, -0.25) is 0 Å². The Kier molecular flexibility index (Phi) is 5.03. The predicted molar refractivity (Wildman–Crippen MR) is 92.6 cm³/mol. The number of rotatable bonds is 2. The van der Waals surface area contributed by atoms with Crippen LogP contribution in [0.4, 0.5) is 4.79 Å². The van der Waals surface area contributed by atoms with E-state index in [9.17, 15) is 18.3 Å². The molecule has 1 aliphatic heterocycles. The molecule has 1 aromatic carbocycles. The molecule has 1 aromatic rings. The van der Waals surface area contributed by atoms with E-state index >= 15 is 0 Å². The summed E-state index contributed by atoms with van der Waals surface area (Å²) in [5.74, 6) is 0. The largest absolute Gasteiger partial charge is 0.514 e. The van der Waals surface area contributed by atoms with Crippen molar-refractivity contribution in [2.24, 2.45) is 0 Å². The number of sulfonamides is 1. The van der Waals surface area contributed by atoms with Crippen LogP contribution in [-0.2, 0) is 10.0 Å². The summed E-state index contributed by atoms with van der Waals surface area (Å²) in [7, 11) is -3.68. The van der Waals surface area contributed by atoms with Crippen LogP contribution in [0.1, 0.15) is 27.7 Å². The fourth-order valence-corrected chi connectivity index (χ4v) is 5.03. The lowest BCUT2D eigenvalue weighted by molar-refractivity contribution is -0.909. The number of carbonyl (C=O) groups is 1. The summed E-state index contributed by atoms with van der Waals surface area (Å²) >= 11 is 5.82. The molecular formula is C16H24ClN2O4S+. The van der Waals surface area contributed by atoms with Crippen molar-refractivity contribution in [3.63, 3.8) is 0 Å². The summed E-state index contributed by atoms with van der Waals surface area (Å²) in [6.07, 6.45) is -0.919. The maximum atomic E-state index is 12.9. The first kappa shape index (κ1) is 19.2. The van der Waals surface area contributed by atoms with Crippen molar-refractivity contribution in [1.82, 2.24) is 4.31 Å². The number of amides is 1. The molecular weight excluding hydrogens is 352 g/mol. The summed E-state index contributed by atoms with van der Waals surface area (Å²) in [5.41, 5.74) is -0.518. The molecule has 1 heterocycles. The van der Waals surface area contributed by atoms with Crippen molar-refractivity contribution in [3.8, 4) is 0 Å². The van der Waals surface area contributed by atoms with E-state index in [2.05, 4.69) is 0 Å². The third-order valence-corrected chi connectivity index (χ3v) is 7.12. The molecule has 1 amide bonds. The molecule has 1 N–H and O–H groups in total. The van der Waals surface area contributed by atoms with Gasteiger partial charge in [-0.1, -0.05) is 11.6 Å². The van der Waals surface area contributed by atoms with Gasteiger partial charge in [0.1, 0.15) is 18.6 Å². The Labute approximate surface area is 148 Å². The second-order valence-electron chi connectivity index (χ2n) is 7.25. The van der Waals surface area contributed by atoms with Crippen molar-refractivity contribution in [2.75, 3.05) is 19.6 Å². The summed E-state index contributed by atoms with van der Waals surface area (Å²) in [6.45, 7) is 8.00. The highest BCUT2D eigenvalue weighted by Crippen LogP contribution is 2.32. The highest BCUT2D eigenvalue weighted by molar-refractivity contribution is 7.89. The molecule has 2 atom stereocenters. The Hall–Kier alpha value is -1.15. The monoisotopic (exact) mass is 375 g/mol. The lowest BCUT2D eigenvalue weighted by Crippen LogP contribution is -2.72. The number of nitrogens with zero attached hydrogens (tertiary/aromatic N) is 2. The van der Waals surface area contributed by atoms with Crippen LogP contribution in [0.3, 0.4) is 0 Å². The van der Waals surface area contributed by atoms with Gasteiger partial charge >= 0.3 is 6.09 Å². The molecule has 1 aliphatic rings. The minimum Gasteiger partial charge on any atom is -0.435 e. The molecule has 134 valence electrons. The molecule has 0 aromatic heterocycles. The van der Waals surface area contributed by atoms with Gasteiger partial charge in [-0.05, 0) is 52.0 Å². The van der Waals surface area contributed by atoms with Crippen molar-refractivity contribution in [3.05, 3.63) is 29.3 Å². The van der Waals surface area contributed by atoms with Gasteiger partial charge in [-0.15, -0.1) is 0 Å². The number of hydrogen-bond acceptors (Lipinski definition) is 3. The number of hydrogen-bond donors (Lipinski definition) is 1. The van der Waals surface area contributed by atoms with E-state index in [0.717, 1.165) is 0 Å². The number of carboxylic acid groups (broad SMARTS) is 1. The molecule has 1 unspecified atom stereocenters. The fourth-order valence-electron chi connectivity index (χ4n) is 3.29. The van der Waals surface area contributed by atoms with Gasteiger partial charge in [0.2, 0.25) is 10.0 Å². The minimum atomic E-state index is -3.68. The van der Waals surface area contributed by atoms with Gasteiger partial charge in [0.15, 0.2) is 0 Å². The molecule has 8 heteroatoms. The molecule has 1 fully saturated rings. The van der Waals surface area contributed by atoms with Crippen LogP contribution >= 0.6 is 11.6 Å². The number of halogens is 1. The lowest BCUT2D eigenvalue weighted by atomic mass is 9.98.